The zero-order valence-electron chi connectivity index (χ0n) is 18.9. The van der Waals surface area contributed by atoms with E-state index in [-0.39, 0.29) is 12.0 Å². The molecule has 6 heteroatoms. The Morgan fingerprint density at radius 3 is 2.48 bits per heavy atom. The molecule has 0 saturated heterocycles. The van der Waals surface area contributed by atoms with E-state index in [1.807, 2.05) is 28.8 Å². The molecule has 1 aliphatic rings. The highest BCUT2D eigenvalue weighted by atomic mass is 35.5. The number of aromatic nitrogens is 2. The van der Waals surface area contributed by atoms with Gasteiger partial charge >= 0.3 is 5.97 Å². The van der Waals surface area contributed by atoms with Crippen LogP contribution in [0.1, 0.15) is 76.0 Å². The summed E-state index contributed by atoms with van der Waals surface area (Å²) >= 11 is 6.21. The molecule has 1 aliphatic carbocycles. The maximum Gasteiger partial charge on any atom is 0.331 e. The molecule has 0 saturated carbocycles. The lowest BCUT2D eigenvalue weighted by atomic mass is 9.70. The van der Waals surface area contributed by atoms with Crippen LogP contribution in [0.2, 0.25) is 5.15 Å². The van der Waals surface area contributed by atoms with Gasteiger partial charge in [0, 0.05) is 18.5 Å². The van der Waals surface area contributed by atoms with E-state index in [4.69, 9.17) is 11.6 Å². The SMILES string of the molecule is CCCc1nc(Cl)c(CO)n1Cc1ccc(C2=C(C(=O)O)CC(C(C)(C)C)CC2)cc1. The first-order chi connectivity index (χ1) is 14.7. The summed E-state index contributed by atoms with van der Waals surface area (Å²) in [4.78, 5) is 16.4. The number of carbonyl (C=O) groups is 1. The van der Waals surface area contributed by atoms with Crippen LogP contribution in [0.5, 0.6) is 0 Å². The molecular formula is C25H33ClN2O3. The molecule has 0 fully saturated rings. The number of aliphatic hydroxyl groups is 1. The molecule has 1 unspecified atom stereocenters. The molecule has 31 heavy (non-hydrogen) atoms. The van der Waals surface area contributed by atoms with Crippen molar-refractivity contribution in [2.24, 2.45) is 11.3 Å². The molecule has 1 atom stereocenters. The van der Waals surface area contributed by atoms with Crippen LogP contribution in [0.25, 0.3) is 5.57 Å². The van der Waals surface area contributed by atoms with E-state index in [9.17, 15) is 15.0 Å². The molecule has 5 nitrogen and oxygen atoms in total. The van der Waals surface area contributed by atoms with Crippen LogP contribution in [0.15, 0.2) is 29.8 Å². The minimum atomic E-state index is -0.808. The van der Waals surface area contributed by atoms with Gasteiger partial charge in [-0.3, -0.25) is 0 Å². The maximum atomic E-state index is 12.0. The molecule has 0 spiro atoms. The number of rotatable bonds is 7. The molecule has 1 aromatic heterocycles. The number of allylic oxidation sites excluding steroid dienone is 1. The second kappa shape index (κ2) is 9.58. The fourth-order valence-electron chi connectivity index (χ4n) is 4.47. The monoisotopic (exact) mass is 444 g/mol. The topological polar surface area (TPSA) is 75.4 Å². The van der Waals surface area contributed by atoms with Crippen LogP contribution >= 0.6 is 11.6 Å². The molecular weight excluding hydrogens is 412 g/mol. The normalized spacial score (nSPS) is 17.3. The number of aliphatic carboxylic acids is 1. The third-order valence-electron chi connectivity index (χ3n) is 6.41. The third kappa shape index (κ3) is 5.21. The molecule has 0 aliphatic heterocycles. The van der Waals surface area contributed by atoms with Crippen molar-refractivity contribution < 1.29 is 15.0 Å². The van der Waals surface area contributed by atoms with Crippen LogP contribution in [0.4, 0.5) is 0 Å². The zero-order valence-corrected chi connectivity index (χ0v) is 19.7. The first kappa shape index (κ1) is 23.6. The Morgan fingerprint density at radius 2 is 1.94 bits per heavy atom. The van der Waals surface area contributed by atoms with Crippen LogP contribution < -0.4 is 0 Å². The Labute approximate surface area is 189 Å². The van der Waals surface area contributed by atoms with Gasteiger partial charge < -0.3 is 14.8 Å². The lowest BCUT2D eigenvalue weighted by Crippen LogP contribution is -2.26. The van der Waals surface area contributed by atoms with Crippen molar-refractivity contribution in [3.8, 4) is 0 Å². The average Bonchev–Trinajstić information content (AvgIpc) is 3.01. The van der Waals surface area contributed by atoms with Gasteiger partial charge in [0.1, 0.15) is 5.82 Å². The van der Waals surface area contributed by atoms with Gasteiger partial charge in [-0.25, -0.2) is 9.78 Å². The standard InChI is InChI=1S/C25H33ClN2O3/c1-5-6-22-27-23(26)21(15-29)28(22)14-16-7-9-17(10-8-16)19-12-11-18(25(2,3)4)13-20(19)24(30)31/h7-10,18,29H,5-6,11-15H2,1-4H3,(H,30,31). The Balaban J connectivity index is 1.88. The fourth-order valence-corrected chi connectivity index (χ4v) is 4.73. The van der Waals surface area contributed by atoms with Gasteiger partial charge in [-0.1, -0.05) is 63.6 Å². The number of hydrogen-bond donors (Lipinski definition) is 2. The van der Waals surface area contributed by atoms with Crippen LogP contribution in [-0.4, -0.2) is 25.7 Å². The second-order valence-electron chi connectivity index (χ2n) is 9.52. The summed E-state index contributed by atoms with van der Waals surface area (Å²) in [6, 6.07) is 8.09. The lowest BCUT2D eigenvalue weighted by Gasteiger charge is -2.35. The Morgan fingerprint density at radius 1 is 1.26 bits per heavy atom. The molecule has 168 valence electrons. The predicted octanol–water partition coefficient (Wildman–Crippen LogP) is 5.71. The number of hydrogen-bond acceptors (Lipinski definition) is 3. The van der Waals surface area contributed by atoms with E-state index in [0.717, 1.165) is 48.2 Å². The second-order valence-corrected chi connectivity index (χ2v) is 9.88. The molecule has 0 bridgehead atoms. The van der Waals surface area contributed by atoms with Crippen molar-refractivity contribution in [1.29, 1.82) is 0 Å². The molecule has 0 radical (unpaired) electrons. The molecule has 1 aromatic carbocycles. The Hall–Kier alpha value is -2.11. The van der Waals surface area contributed by atoms with Crippen molar-refractivity contribution in [3.63, 3.8) is 0 Å². The minimum Gasteiger partial charge on any atom is -0.478 e. The highest BCUT2D eigenvalue weighted by Crippen LogP contribution is 2.43. The summed E-state index contributed by atoms with van der Waals surface area (Å²) in [5, 5.41) is 19.9. The van der Waals surface area contributed by atoms with E-state index >= 15 is 0 Å². The first-order valence-electron chi connectivity index (χ1n) is 11.0. The number of imidazole rings is 1. The van der Waals surface area contributed by atoms with Crippen molar-refractivity contribution >= 4 is 23.1 Å². The number of aliphatic hydroxyl groups excluding tert-OH is 1. The zero-order chi connectivity index (χ0) is 22.8. The van der Waals surface area contributed by atoms with E-state index in [1.54, 1.807) is 0 Å². The molecule has 2 aromatic rings. The summed E-state index contributed by atoms with van der Waals surface area (Å²) in [5.41, 5.74) is 4.27. The summed E-state index contributed by atoms with van der Waals surface area (Å²) in [7, 11) is 0. The van der Waals surface area contributed by atoms with Crippen molar-refractivity contribution in [2.75, 3.05) is 0 Å². The van der Waals surface area contributed by atoms with Gasteiger partial charge in [0.2, 0.25) is 0 Å². The largest absolute Gasteiger partial charge is 0.478 e. The number of benzene rings is 1. The van der Waals surface area contributed by atoms with Crippen molar-refractivity contribution in [2.45, 2.75) is 73.0 Å². The number of nitrogens with zero attached hydrogens (tertiary/aromatic N) is 2. The molecule has 0 amide bonds. The van der Waals surface area contributed by atoms with Gasteiger partial charge in [0.25, 0.3) is 0 Å². The Bertz CT molecular complexity index is 968. The van der Waals surface area contributed by atoms with E-state index in [0.29, 0.717) is 35.3 Å². The summed E-state index contributed by atoms with van der Waals surface area (Å²) in [6.07, 6.45) is 4.14. The van der Waals surface area contributed by atoms with Crippen molar-refractivity contribution in [1.82, 2.24) is 9.55 Å². The van der Waals surface area contributed by atoms with E-state index in [1.165, 1.54) is 0 Å². The van der Waals surface area contributed by atoms with Crippen LogP contribution in [0.3, 0.4) is 0 Å². The van der Waals surface area contributed by atoms with Crippen LogP contribution in [0, 0.1) is 11.3 Å². The Kier molecular flexibility index (Phi) is 7.28. The van der Waals surface area contributed by atoms with Gasteiger partial charge in [-0.2, -0.15) is 0 Å². The van der Waals surface area contributed by atoms with Crippen molar-refractivity contribution in [3.05, 3.63) is 57.6 Å². The van der Waals surface area contributed by atoms with Gasteiger partial charge in [-0.05, 0) is 53.7 Å². The molecule has 1 heterocycles. The summed E-state index contributed by atoms with van der Waals surface area (Å²) in [6.45, 7) is 9.06. The summed E-state index contributed by atoms with van der Waals surface area (Å²) in [5.74, 6) is 0.441. The highest BCUT2D eigenvalue weighted by molar-refractivity contribution is 6.30. The minimum absolute atomic E-state index is 0.1000. The first-order valence-corrected chi connectivity index (χ1v) is 11.4. The lowest BCUT2D eigenvalue weighted by molar-refractivity contribution is -0.133. The van der Waals surface area contributed by atoms with Gasteiger partial charge in [0.15, 0.2) is 5.15 Å². The summed E-state index contributed by atoms with van der Waals surface area (Å²) < 4.78 is 1.98. The number of carboxylic acids is 1. The van der Waals surface area contributed by atoms with Gasteiger partial charge in [0.05, 0.1) is 12.3 Å². The molecule has 2 N–H and O–H groups in total. The smallest absolute Gasteiger partial charge is 0.331 e. The van der Waals surface area contributed by atoms with E-state index < -0.39 is 5.97 Å². The number of halogens is 1. The number of aryl methyl sites for hydroxylation is 1. The predicted molar refractivity (Wildman–Crippen MR) is 124 cm³/mol. The quantitative estimate of drug-likeness (QED) is 0.573. The average molecular weight is 445 g/mol. The fraction of sp³-hybridized carbons (Fsp3) is 0.520. The highest BCUT2D eigenvalue weighted by Gasteiger charge is 2.32. The third-order valence-corrected chi connectivity index (χ3v) is 6.71. The van der Waals surface area contributed by atoms with Crippen LogP contribution in [-0.2, 0) is 24.4 Å². The van der Waals surface area contributed by atoms with E-state index in [2.05, 4.69) is 32.7 Å². The number of carboxylic acid groups (broad SMARTS) is 1. The van der Waals surface area contributed by atoms with Gasteiger partial charge in [-0.15, -0.1) is 0 Å². The molecule has 3 rings (SSSR count). The maximum absolute atomic E-state index is 12.0.